The first-order chi connectivity index (χ1) is 7.62. The predicted octanol–water partition coefficient (Wildman–Crippen LogP) is 1.85. The van der Waals surface area contributed by atoms with E-state index in [2.05, 4.69) is 0 Å². The third-order valence-corrected chi connectivity index (χ3v) is 2.54. The SMILES string of the molecule is O=C(Nc1ccccc1S(=O)(=O)F)C(F)(F)F. The second-order valence-electron chi connectivity index (χ2n) is 2.89. The summed E-state index contributed by atoms with van der Waals surface area (Å²) in [4.78, 5) is 9.53. The summed E-state index contributed by atoms with van der Waals surface area (Å²) in [6.45, 7) is 0. The van der Waals surface area contributed by atoms with Gasteiger partial charge in [0.15, 0.2) is 0 Å². The number of para-hydroxylation sites is 1. The Morgan fingerprint density at radius 2 is 1.71 bits per heavy atom. The molecule has 1 amide bonds. The van der Waals surface area contributed by atoms with Crippen LogP contribution in [0.3, 0.4) is 0 Å². The third-order valence-electron chi connectivity index (χ3n) is 1.66. The minimum atomic E-state index is -5.21. The van der Waals surface area contributed by atoms with Gasteiger partial charge in [0, 0.05) is 0 Å². The fraction of sp³-hybridized carbons (Fsp3) is 0.125. The molecule has 17 heavy (non-hydrogen) atoms. The van der Waals surface area contributed by atoms with Gasteiger partial charge < -0.3 is 5.32 Å². The van der Waals surface area contributed by atoms with Gasteiger partial charge in [-0.1, -0.05) is 12.1 Å². The molecule has 0 saturated carbocycles. The van der Waals surface area contributed by atoms with Crippen molar-refractivity contribution in [3.05, 3.63) is 24.3 Å². The summed E-state index contributed by atoms with van der Waals surface area (Å²) in [5, 5.41) is 1.27. The van der Waals surface area contributed by atoms with Crippen molar-refractivity contribution in [2.45, 2.75) is 11.1 Å². The van der Waals surface area contributed by atoms with E-state index in [1.54, 1.807) is 0 Å². The monoisotopic (exact) mass is 271 g/mol. The van der Waals surface area contributed by atoms with E-state index >= 15 is 0 Å². The predicted molar refractivity (Wildman–Crippen MR) is 49.4 cm³/mol. The molecule has 1 N–H and O–H groups in total. The highest BCUT2D eigenvalue weighted by Gasteiger charge is 2.39. The molecule has 0 aliphatic heterocycles. The van der Waals surface area contributed by atoms with Gasteiger partial charge in [-0.3, -0.25) is 4.79 Å². The van der Waals surface area contributed by atoms with Gasteiger partial charge in [-0.05, 0) is 12.1 Å². The summed E-state index contributed by atoms with van der Waals surface area (Å²) in [6, 6.07) is 3.84. The molecular weight excluding hydrogens is 266 g/mol. The molecule has 0 aromatic heterocycles. The third kappa shape index (κ3) is 3.41. The van der Waals surface area contributed by atoms with Crippen LogP contribution in [-0.4, -0.2) is 20.5 Å². The van der Waals surface area contributed by atoms with Crippen molar-refractivity contribution in [1.82, 2.24) is 0 Å². The molecule has 0 atom stereocenters. The van der Waals surface area contributed by atoms with E-state index in [0.29, 0.717) is 0 Å². The van der Waals surface area contributed by atoms with Crippen molar-refractivity contribution in [3.8, 4) is 0 Å². The summed E-state index contributed by atoms with van der Waals surface area (Å²) >= 11 is 0. The van der Waals surface area contributed by atoms with Crippen LogP contribution in [0.5, 0.6) is 0 Å². The first-order valence-corrected chi connectivity index (χ1v) is 5.42. The lowest BCUT2D eigenvalue weighted by Crippen LogP contribution is -2.30. The van der Waals surface area contributed by atoms with Gasteiger partial charge in [0.2, 0.25) is 0 Å². The maximum atomic E-state index is 12.7. The number of hydrogen-bond acceptors (Lipinski definition) is 3. The topological polar surface area (TPSA) is 63.2 Å². The highest BCUT2D eigenvalue weighted by atomic mass is 32.3. The standard InChI is InChI=1S/C8H5F4NO3S/c9-8(10,11)7(14)13-5-3-1-2-4-6(5)17(12,15)16/h1-4H,(H,13,14). The lowest BCUT2D eigenvalue weighted by atomic mass is 10.3. The fourth-order valence-electron chi connectivity index (χ4n) is 0.976. The Hall–Kier alpha value is -1.64. The first kappa shape index (κ1) is 13.4. The van der Waals surface area contributed by atoms with E-state index in [1.165, 1.54) is 5.32 Å². The second-order valence-corrected chi connectivity index (χ2v) is 4.20. The second kappa shape index (κ2) is 4.32. The minimum absolute atomic E-state index is 0.737. The van der Waals surface area contributed by atoms with Gasteiger partial charge in [0.1, 0.15) is 4.90 Å². The maximum Gasteiger partial charge on any atom is 0.471 e. The quantitative estimate of drug-likeness (QED) is 0.659. The number of amides is 1. The Balaban J connectivity index is 3.13. The number of benzene rings is 1. The molecule has 0 fully saturated rings. The Labute approximate surface area is 93.5 Å². The maximum absolute atomic E-state index is 12.7. The number of anilines is 1. The van der Waals surface area contributed by atoms with Crippen molar-refractivity contribution in [2.75, 3.05) is 5.32 Å². The molecule has 0 aliphatic carbocycles. The Morgan fingerprint density at radius 3 is 2.18 bits per heavy atom. The van der Waals surface area contributed by atoms with Gasteiger partial charge in [-0.25, -0.2) is 0 Å². The largest absolute Gasteiger partial charge is 0.471 e. The van der Waals surface area contributed by atoms with E-state index in [0.717, 1.165) is 24.3 Å². The molecule has 0 radical (unpaired) electrons. The summed E-state index contributed by atoms with van der Waals surface area (Å²) < 4.78 is 69.6. The van der Waals surface area contributed by atoms with Crippen LogP contribution in [0.4, 0.5) is 22.7 Å². The molecule has 0 spiro atoms. The lowest BCUT2D eigenvalue weighted by Gasteiger charge is -2.09. The summed E-state index contributed by atoms with van der Waals surface area (Å²) in [5.74, 6) is -2.38. The van der Waals surface area contributed by atoms with Crippen LogP contribution in [0, 0.1) is 0 Å². The number of alkyl halides is 3. The van der Waals surface area contributed by atoms with Crippen LogP contribution in [0.15, 0.2) is 29.2 Å². The van der Waals surface area contributed by atoms with Crippen molar-refractivity contribution in [3.63, 3.8) is 0 Å². The van der Waals surface area contributed by atoms with E-state index in [1.807, 2.05) is 0 Å². The molecule has 1 rings (SSSR count). The van der Waals surface area contributed by atoms with Crippen LogP contribution < -0.4 is 5.32 Å². The molecule has 0 aliphatic rings. The molecule has 1 aromatic carbocycles. The molecule has 0 unspecified atom stereocenters. The summed E-state index contributed by atoms with van der Waals surface area (Å²) in [6.07, 6.45) is -5.19. The molecule has 94 valence electrons. The van der Waals surface area contributed by atoms with E-state index < -0.39 is 32.9 Å². The zero-order valence-corrected chi connectivity index (χ0v) is 8.77. The Kier molecular flexibility index (Phi) is 3.41. The van der Waals surface area contributed by atoms with Gasteiger partial charge >= 0.3 is 22.3 Å². The number of halogens is 4. The van der Waals surface area contributed by atoms with Crippen LogP contribution >= 0.6 is 0 Å². The van der Waals surface area contributed by atoms with Gasteiger partial charge in [0.05, 0.1) is 5.69 Å². The first-order valence-electron chi connectivity index (χ1n) is 4.04. The normalized spacial score (nSPS) is 12.2. The smallest absolute Gasteiger partial charge is 0.317 e. The summed E-state index contributed by atoms with van der Waals surface area (Å²) in [7, 11) is -5.21. The lowest BCUT2D eigenvalue weighted by molar-refractivity contribution is -0.167. The summed E-state index contributed by atoms with van der Waals surface area (Å²) in [5.41, 5.74) is -0.766. The van der Waals surface area contributed by atoms with Crippen molar-refractivity contribution in [1.29, 1.82) is 0 Å². The zero-order valence-electron chi connectivity index (χ0n) is 7.95. The van der Waals surface area contributed by atoms with E-state index in [4.69, 9.17) is 0 Å². The average molecular weight is 271 g/mol. The van der Waals surface area contributed by atoms with Crippen molar-refractivity contribution < 1.29 is 30.3 Å². The molecular formula is C8H5F4NO3S. The average Bonchev–Trinajstić information content (AvgIpc) is 2.15. The highest BCUT2D eigenvalue weighted by molar-refractivity contribution is 7.86. The highest BCUT2D eigenvalue weighted by Crippen LogP contribution is 2.25. The number of rotatable bonds is 2. The molecule has 0 heterocycles. The zero-order chi connectivity index (χ0) is 13.3. The molecule has 0 bridgehead atoms. The number of hydrogen-bond donors (Lipinski definition) is 1. The Morgan fingerprint density at radius 1 is 1.18 bits per heavy atom. The molecule has 0 saturated heterocycles. The van der Waals surface area contributed by atoms with Gasteiger partial charge in [-0.2, -0.15) is 21.6 Å². The van der Waals surface area contributed by atoms with E-state index in [-0.39, 0.29) is 0 Å². The number of carbonyl (C=O) groups is 1. The molecule has 4 nitrogen and oxygen atoms in total. The van der Waals surface area contributed by atoms with Crippen molar-refractivity contribution in [2.24, 2.45) is 0 Å². The fourth-order valence-corrected chi connectivity index (χ4v) is 1.60. The van der Waals surface area contributed by atoms with Crippen LogP contribution in [0.1, 0.15) is 0 Å². The van der Waals surface area contributed by atoms with Crippen LogP contribution in [-0.2, 0) is 15.0 Å². The molecule has 1 aromatic rings. The van der Waals surface area contributed by atoms with Gasteiger partial charge in [0.25, 0.3) is 0 Å². The van der Waals surface area contributed by atoms with E-state index in [9.17, 15) is 30.3 Å². The van der Waals surface area contributed by atoms with Crippen molar-refractivity contribution >= 4 is 21.8 Å². The Bertz CT molecular complexity index is 538. The number of carbonyl (C=O) groups excluding carboxylic acids is 1. The molecule has 9 heteroatoms. The van der Waals surface area contributed by atoms with Crippen LogP contribution in [0.25, 0.3) is 0 Å². The minimum Gasteiger partial charge on any atom is -0.317 e. The van der Waals surface area contributed by atoms with Crippen LogP contribution in [0.2, 0.25) is 0 Å². The number of nitrogens with one attached hydrogen (secondary N) is 1. The van der Waals surface area contributed by atoms with Gasteiger partial charge in [-0.15, -0.1) is 3.89 Å².